The monoisotopic (exact) mass is 581 g/mol. The minimum absolute atomic E-state index is 0.0942. The highest BCUT2D eigenvalue weighted by molar-refractivity contribution is 7.99. The maximum Gasteiger partial charge on any atom is 0.255 e. The normalized spacial score (nSPS) is 16.3. The highest BCUT2D eigenvalue weighted by atomic mass is 32.2. The van der Waals surface area contributed by atoms with E-state index < -0.39 is 10.0 Å². The Morgan fingerprint density at radius 3 is 2.55 bits per heavy atom. The first-order chi connectivity index (χ1) is 19.1. The van der Waals surface area contributed by atoms with E-state index in [0.717, 1.165) is 23.2 Å². The molecule has 1 fully saturated rings. The number of furan rings is 1. The van der Waals surface area contributed by atoms with Crippen molar-refractivity contribution in [2.24, 2.45) is 0 Å². The van der Waals surface area contributed by atoms with Gasteiger partial charge in [-0.3, -0.25) is 4.79 Å². The van der Waals surface area contributed by atoms with E-state index in [2.05, 4.69) is 5.32 Å². The number of fused-ring (bicyclic) bond motifs is 1. The molecular weight excluding hydrogens is 549 g/mol. The van der Waals surface area contributed by atoms with Crippen molar-refractivity contribution < 1.29 is 22.0 Å². The molecule has 210 valence electrons. The number of benzene rings is 3. The summed E-state index contributed by atoms with van der Waals surface area (Å²) < 4.78 is 50.8. The van der Waals surface area contributed by atoms with Crippen LogP contribution in [0.25, 0.3) is 22.3 Å². The molecule has 3 aromatic carbocycles. The predicted molar refractivity (Wildman–Crippen MR) is 159 cm³/mol. The van der Waals surface area contributed by atoms with Crippen LogP contribution < -0.4 is 9.62 Å². The summed E-state index contributed by atoms with van der Waals surface area (Å²) in [7, 11) is -0.169. The third-order valence-corrected chi connectivity index (χ3v) is 10.3. The maximum absolute atomic E-state index is 13.7. The average molecular weight is 582 g/mol. The summed E-state index contributed by atoms with van der Waals surface area (Å²) in [5.74, 6) is -0.433. The lowest BCUT2D eigenvalue weighted by atomic mass is 9.89. The molecule has 1 aliphatic heterocycles. The van der Waals surface area contributed by atoms with Gasteiger partial charge in [-0.25, -0.2) is 12.8 Å². The van der Waals surface area contributed by atoms with E-state index in [-0.39, 0.29) is 17.6 Å². The largest absolute Gasteiger partial charge is 0.455 e. The minimum atomic E-state index is -3.67. The number of carbonyl (C=O) groups is 1. The van der Waals surface area contributed by atoms with E-state index in [4.69, 9.17) is 4.42 Å². The summed E-state index contributed by atoms with van der Waals surface area (Å²) in [6.45, 7) is 2.59. The number of hydrogen-bond acceptors (Lipinski definition) is 6. The first-order valence-electron chi connectivity index (χ1n) is 13.1. The van der Waals surface area contributed by atoms with E-state index in [1.807, 2.05) is 48.8 Å². The van der Waals surface area contributed by atoms with Crippen LogP contribution in [0.15, 0.2) is 70.0 Å². The number of piperidine rings is 1. The molecule has 0 aliphatic carbocycles. The fraction of sp³-hybridized carbons (Fsp3) is 0.300. The van der Waals surface area contributed by atoms with Gasteiger partial charge in [-0.1, -0.05) is 30.1 Å². The van der Waals surface area contributed by atoms with Crippen molar-refractivity contribution in [3.8, 4) is 11.3 Å². The highest BCUT2D eigenvalue weighted by Gasteiger charge is 2.34. The summed E-state index contributed by atoms with van der Waals surface area (Å²) in [5, 5.41) is 3.33. The van der Waals surface area contributed by atoms with Gasteiger partial charge >= 0.3 is 0 Å². The molecule has 1 N–H and O–H groups in total. The molecule has 5 rings (SSSR count). The number of nitrogens with zero attached hydrogens (tertiary/aromatic N) is 2. The molecule has 1 amide bonds. The van der Waals surface area contributed by atoms with E-state index in [0.29, 0.717) is 52.3 Å². The SMILES string of the molecule is CNC(=O)c1c(-c2ccc(F)cc2)oc2cc(N(C)SC)c(C3CCCN(S(=O)(=O)c4ccccc4C)C3)cc12. The first-order valence-corrected chi connectivity index (χ1v) is 15.7. The highest BCUT2D eigenvalue weighted by Crippen LogP contribution is 2.43. The Hall–Kier alpha value is -3.34. The van der Waals surface area contributed by atoms with Crippen LogP contribution in [0.1, 0.15) is 40.2 Å². The van der Waals surface area contributed by atoms with E-state index in [1.165, 1.54) is 24.1 Å². The summed E-state index contributed by atoms with van der Waals surface area (Å²) in [6, 6.07) is 16.8. The zero-order valence-electron chi connectivity index (χ0n) is 22.9. The Morgan fingerprint density at radius 2 is 1.88 bits per heavy atom. The van der Waals surface area contributed by atoms with Crippen LogP contribution in [-0.4, -0.2) is 52.1 Å². The maximum atomic E-state index is 13.7. The van der Waals surface area contributed by atoms with Gasteiger partial charge in [0.1, 0.15) is 17.2 Å². The zero-order valence-corrected chi connectivity index (χ0v) is 24.5. The van der Waals surface area contributed by atoms with Gasteiger partial charge in [0.25, 0.3) is 5.91 Å². The zero-order chi connectivity index (χ0) is 28.6. The average Bonchev–Trinajstić information content (AvgIpc) is 3.34. The molecule has 10 heteroatoms. The molecule has 1 aliphatic rings. The topological polar surface area (TPSA) is 82.9 Å². The van der Waals surface area contributed by atoms with E-state index in [9.17, 15) is 17.6 Å². The van der Waals surface area contributed by atoms with Crippen molar-refractivity contribution in [2.75, 3.05) is 37.7 Å². The molecule has 0 bridgehead atoms. The van der Waals surface area contributed by atoms with Crippen molar-refractivity contribution in [3.05, 3.63) is 83.2 Å². The molecule has 1 unspecified atom stereocenters. The van der Waals surface area contributed by atoms with Crippen molar-refractivity contribution in [1.82, 2.24) is 9.62 Å². The van der Waals surface area contributed by atoms with E-state index >= 15 is 0 Å². The summed E-state index contributed by atoms with van der Waals surface area (Å²) in [4.78, 5) is 13.5. The number of anilines is 1. The lowest BCUT2D eigenvalue weighted by molar-refractivity contribution is 0.0964. The molecule has 0 spiro atoms. The van der Waals surface area contributed by atoms with Crippen LogP contribution in [0, 0.1) is 12.7 Å². The lowest BCUT2D eigenvalue weighted by Crippen LogP contribution is -2.39. The van der Waals surface area contributed by atoms with Crippen molar-refractivity contribution in [1.29, 1.82) is 0 Å². The second kappa shape index (κ2) is 11.3. The second-order valence-electron chi connectivity index (χ2n) is 9.95. The van der Waals surface area contributed by atoms with Gasteiger partial charge in [-0.2, -0.15) is 4.31 Å². The standard InChI is InChI=1S/C30H32FN3O4S2/c1-19-8-5-6-10-27(19)40(36,37)34-15-7-9-21(18-34)23-16-24-26(17-25(23)33(3)39-4)38-29(28(24)30(35)32-2)20-11-13-22(31)14-12-20/h5-6,8,10-14,16-17,21H,7,9,15,18H2,1-4H3,(H,32,35). The summed E-state index contributed by atoms with van der Waals surface area (Å²) in [5.41, 5.74) is 4.04. The fourth-order valence-corrected chi connectivity index (χ4v) is 7.51. The number of aryl methyl sites for hydroxylation is 1. The Labute approximate surface area is 238 Å². The molecule has 0 radical (unpaired) electrons. The number of carbonyl (C=O) groups excluding carboxylic acids is 1. The quantitative estimate of drug-likeness (QED) is 0.262. The lowest BCUT2D eigenvalue weighted by Gasteiger charge is -2.34. The van der Waals surface area contributed by atoms with Gasteiger partial charge in [0.15, 0.2) is 0 Å². The van der Waals surface area contributed by atoms with E-state index in [1.54, 1.807) is 35.6 Å². The van der Waals surface area contributed by atoms with Gasteiger partial charge < -0.3 is 14.0 Å². The van der Waals surface area contributed by atoms with Crippen LogP contribution >= 0.6 is 11.9 Å². The molecule has 7 nitrogen and oxygen atoms in total. The minimum Gasteiger partial charge on any atom is -0.455 e. The van der Waals surface area contributed by atoms with Crippen LogP contribution in [0.2, 0.25) is 0 Å². The smallest absolute Gasteiger partial charge is 0.255 e. The number of halogens is 1. The van der Waals surface area contributed by atoms with Gasteiger partial charge in [0.05, 0.1) is 16.1 Å². The summed E-state index contributed by atoms with van der Waals surface area (Å²) in [6.07, 6.45) is 3.48. The second-order valence-corrected chi connectivity index (χ2v) is 12.8. The third kappa shape index (κ3) is 5.11. The number of nitrogens with one attached hydrogen (secondary N) is 1. The number of hydrogen-bond donors (Lipinski definition) is 1. The van der Waals surface area contributed by atoms with Crippen LogP contribution in [0.5, 0.6) is 0 Å². The molecule has 4 aromatic rings. The van der Waals surface area contributed by atoms with Crippen LogP contribution in [-0.2, 0) is 10.0 Å². The number of amides is 1. The van der Waals surface area contributed by atoms with Gasteiger partial charge in [0, 0.05) is 50.5 Å². The van der Waals surface area contributed by atoms with Crippen molar-refractivity contribution >= 4 is 44.5 Å². The van der Waals surface area contributed by atoms with Crippen LogP contribution in [0.4, 0.5) is 10.1 Å². The Bertz CT molecular complexity index is 1670. The van der Waals surface area contributed by atoms with Gasteiger partial charge in [0.2, 0.25) is 10.0 Å². The van der Waals surface area contributed by atoms with Gasteiger partial charge in [-0.15, -0.1) is 0 Å². The molecule has 1 aromatic heterocycles. The molecule has 40 heavy (non-hydrogen) atoms. The number of sulfonamides is 1. The molecule has 1 saturated heterocycles. The first kappa shape index (κ1) is 28.2. The van der Waals surface area contributed by atoms with Crippen molar-refractivity contribution in [2.45, 2.75) is 30.6 Å². The Balaban J connectivity index is 1.64. The molecule has 0 saturated carbocycles. The third-order valence-electron chi connectivity index (χ3n) is 7.55. The molecule has 1 atom stereocenters. The van der Waals surface area contributed by atoms with Crippen molar-refractivity contribution in [3.63, 3.8) is 0 Å². The molecular formula is C30H32FN3O4S2. The predicted octanol–water partition coefficient (Wildman–Crippen LogP) is 6.19. The summed E-state index contributed by atoms with van der Waals surface area (Å²) >= 11 is 1.53. The number of rotatable bonds is 7. The molecule has 2 heterocycles. The Kier molecular flexibility index (Phi) is 7.94. The van der Waals surface area contributed by atoms with Crippen LogP contribution in [0.3, 0.4) is 0 Å². The Morgan fingerprint density at radius 1 is 1.15 bits per heavy atom. The fourth-order valence-electron chi connectivity index (χ4n) is 5.40. The van der Waals surface area contributed by atoms with Gasteiger partial charge in [-0.05, 0) is 73.2 Å².